The van der Waals surface area contributed by atoms with Crippen LogP contribution >= 0.6 is 0 Å². The van der Waals surface area contributed by atoms with Crippen molar-refractivity contribution in [1.82, 2.24) is 10.6 Å². The van der Waals surface area contributed by atoms with E-state index >= 15 is 0 Å². The van der Waals surface area contributed by atoms with E-state index < -0.39 is 5.54 Å². The summed E-state index contributed by atoms with van der Waals surface area (Å²) in [5, 5.41) is 5.56. The molecule has 1 rings (SSSR count). The highest BCUT2D eigenvalue weighted by atomic mass is 16.2. The number of rotatable bonds is 5. The van der Waals surface area contributed by atoms with Gasteiger partial charge in [0, 0.05) is 19.0 Å². The summed E-state index contributed by atoms with van der Waals surface area (Å²) in [5.74, 6) is -0.153. The van der Waals surface area contributed by atoms with E-state index in [0.717, 1.165) is 32.1 Å². The number of hydrogen-bond donors (Lipinski definition) is 3. The van der Waals surface area contributed by atoms with Crippen molar-refractivity contribution in [3.8, 4) is 0 Å². The Kier molecular flexibility index (Phi) is 5.59. The second-order valence-electron chi connectivity index (χ2n) is 5.44. The van der Waals surface area contributed by atoms with Gasteiger partial charge >= 0.3 is 0 Å². The molecule has 5 nitrogen and oxygen atoms in total. The molecule has 0 spiro atoms. The molecular formula is C13H25N3O2. The fourth-order valence-electron chi connectivity index (χ4n) is 2.27. The molecule has 5 heteroatoms. The van der Waals surface area contributed by atoms with Crippen molar-refractivity contribution in [2.24, 2.45) is 5.73 Å². The number of carbonyl (C=O) groups is 2. The Bertz CT molecular complexity index is 297. The molecule has 2 amide bonds. The molecule has 0 aromatic rings. The van der Waals surface area contributed by atoms with E-state index in [1.54, 1.807) is 0 Å². The van der Waals surface area contributed by atoms with Crippen molar-refractivity contribution < 1.29 is 9.59 Å². The average molecular weight is 255 g/mol. The van der Waals surface area contributed by atoms with Crippen molar-refractivity contribution >= 4 is 11.8 Å². The molecule has 1 saturated carbocycles. The Morgan fingerprint density at radius 2 is 1.83 bits per heavy atom. The molecule has 1 fully saturated rings. The summed E-state index contributed by atoms with van der Waals surface area (Å²) in [4.78, 5) is 23.4. The highest BCUT2D eigenvalue weighted by Crippen LogP contribution is 2.25. The smallest absolute Gasteiger partial charge is 0.240 e. The Balaban J connectivity index is 2.26. The van der Waals surface area contributed by atoms with Gasteiger partial charge in [-0.25, -0.2) is 0 Å². The highest BCUT2D eigenvalue weighted by molar-refractivity contribution is 5.86. The summed E-state index contributed by atoms with van der Waals surface area (Å²) in [6.45, 7) is 4.18. The zero-order valence-corrected chi connectivity index (χ0v) is 11.4. The second kappa shape index (κ2) is 6.73. The minimum atomic E-state index is -0.716. The third-order valence-corrected chi connectivity index (χ3v) is 3.29. The van der Waals surface area contributed by atoms with Crippen LogP contribution in [-0.4, -0.2) is 29.9 Å². The van der Waals surface area contributed by atoms with Crippen molar-refractivity contribution in [3.63, 3.8) is 0 Å². The van der Waals surface area contributed by atoms with Crippen LogP contribution in [0, 0.1) is 0 Å². The van der Waals surface area contributed by atoms with E-state index in [2.05, 4.69) is 10.6 Å². The maximum Gasteiger partial charge on any atom is 0.240 e. The second-order valence-corrected chi connectivity index (χ2v) is 5.44. The lowest BCUT2D eigenvalue weighted by molar-refractivity contribution is -0.127. The van der Waals surface area contributed by atoms with Crippen molar-refractivity contribution in [1.29, 1.82) is 0 Å². The first kappa shape index (κ1) is 15.0. The Morgan fingerprint density at radius 3 is 2.39 bits per heavy atom. The Hall–Kier alpha value is -1.10. The van der Waals surface area contributed by atoms with E-state index in [9.17, 15) is 9.59 Å². The van der Waals surface area contributed by atoms with Crippen LogP contribution in [0.25, 0.3) is 0 Å². The molecule has 0 heterocycles. The van der Waals surface area contributed by atoms with Crippen molar-refractivity contribution in [2.45, 2.75) is 64.0 Å². The number of nitrogens with two attached hydrogens (primary N) is 1. The zero-order chi connectivity index (χ0) is 13.6. The lowest BCUT2D eigenvalue weighted by Crippen LogP contribution is -2.55. The summed E-state index contributed by atoms with van der Waals surface area (Å²) in [7, 11) is 0. The van der Waals surface area contributed by atoms with Crippen molar-refractivity contribution in [3.05, 3.63) is 0 Å². The molecule has 104 valence electrons. The van der Waals surface area contributed by atoms with Crippen LogP contribution in [0.2, 0.25) is 0 Å². The van der Waals surface area contributed by atoms with Gasteiger partial charge in [0.1, 0.15) is 0 Å². The van der Waals surface area contributed by atoms with Crippen LogP contribution in [0.4, 0.5) is 0 Å². The van der Waals surface area contributed by atoms with Gasteiger partial charge in [0.15, 0.2) is 0 Å². The molecule has 0 unspecified atom stereocenters. The summed E-state index contributed by atoms with van der Waals surface area (Å²) in [5.41, 5.74) is 5.37. The maximum absolute atomic E-state index is 12.0. The van der Waals surface area contributed by atoms with E-state index in [1.165, 1.54) is 0 Å². The van der Waals surface area contributed by atoms with Crippen LogP contribution in [-0.2, 0) is 9.59 Å². The third kappa shape index (κ3) is 4.64. The van der Waals surface area contributed by atoms with E-state index in [4.69, 9.17) is 5.73 Å². The number of amides is 2. The van der Waals surface area contributed by atoms with E-state index in [1.807, 2.05) is 13.8 Å². The van der Waals surface area contributed by atoms with E-state index in [-0.39, 0.29) is 17.9 Å². The lowest BCUT2D eigenvalue weighted by atomic mass is 9.82. The van der Waals surface area contributed by atoms with E-state index in [0.29, 0.717) is 13.0 Å². The number of hydrogen-bond acceptors (Lipinski definition) is 3. The van der Waals surface area contributed by atoms with Crippen LogP contribution in [0.15, 0.2) is 0 Å². The third-order valence-electron chi connectivity index (χ3n) is 3.29. The van der Waals surface area contributed by atoms with Crippen molar-refractivity contribution in [2.75, 3.05) is 6.54 Å². The normalized spacial score (nSPS) is 18.4. The van der Waals surface area contributed by atoms with Gasteiger partial charge in [-0.1, -0.05) is 19.3 Å². The van der Waals surface area contributed by atoms with Gasteiger partial charge in [-0.15, -0.1) is 0 Å². The monoisotopic (exact) mass is 255 g/mol. The molecule has 0 bridgehead atoms. The minimum absolute atomic E-state index is 0.0417. The molecule has 0 aromatic heterocycles. The summed E-state index contributed by atoms with van der Waals surface area (Å²) < 4.78 is 0. The number of carbonyl (C=O) groups excluding carboxylic acids is 2. The molecule has 4 N–H and O–H groups in total. The van der Waals surface area contributed by atoms with Crippen LogP contribution in [0.5, 0.6) is 0 Å². The van der Waals surface area contributed by atoms with Gasteiger partial charge in [0.25, 0.3) is 0 Å². The first-order valence-electron chi connectivity index (χ1n) is 6.80. The van der Waals surface area contributed by atoms with Gasteiger partial charge < -0.3 is 16.4 Å². The molecule has 1 aliphatic carbocycles. The molecule has 0 aromatic carbocycles. The lowest BCUT2D eigenvalue weighted by Gasteiger charge is -2.31. The Morgan fingerprint density at radius 1 is 1.22 bits per heavy atom. The predicted octanol–water partition coefficient (Wildman–Crippen LogP) is 0.679. The average Bonchev–Trinajstić information content (AvgIpc) is 2.28. The number of nitrogens with one attached hydrogen (secondary N) is 2. The standard InChI is InChI=1S/C13H25N3O2/c1-10(2)16-11(17)6-9-15-12(18)13(14)7-4-3-5-8-13/h10H,3-9,14H2,1-2H3,(H,15,18)(H,16,17). The zero-order valence-electron chi connectivity index (χ0n) is 11.4. The van der Waals surface area contributed by atoms with Gasteiger partial charge in [0.2, 0.25) is 11.8 Å². The minimum Gasteiger partial charge on any atom is -0.354 e. The Labute approximate surface area is 109 Å². The molecular weight excluding hydrogens is 230 g/mol. The van der Waals surface area contributed by atoms with Gasteiger partial charge in [-0.05, 0) is 26.7 Å². The largest absolute Gasteiger partial charge is 0.354 e. The maximum atomic E-state index is 12.0. The van der Waals surface area contributed by atoms with Crippen LogP contribution < -0.4 is 16.4 Å². The molecule has 1 aliphatic rings. The fraction of sp³-hybridized carbons (Fsp3) is 0.846. The molecule has 18 heavy (non-hydrogen) atoms. The van der Waals surface area contributed by atoms with Gasteiger partial charge in [-0.2, -0.15) is 0 Å². The first-order valence-corrected chi connectivity index (χ1v) is 6.80. The van der Waals surface area contributed by atoms with Crippen LogP contribution in [0.3, 0.4) is 0 Å². The molecule has 0 aliphatic heterocycles. The SMILES string of the molecule is CC(C)NC(=O)CCNC(=O)C1(N)CCCCC1. The van der Waals surface area contributed by atoms with Gasteiger partial charge in [0.05, 0.1) is 5.54 Å². The topological polar surface area (TPSA) is 84.2 Å². The quantitative estimate of drug-likeness (QED) is 0.675. The molecule has 0 radical (unpaired) electrons. The fourth-order valence-corrected chi connectivity index (χ4v) is 2.27. The highest BCUT2D eigenvalue weighted by Gasteiger charge is 2.34. The summed E-state index contributed by atoms with van der Waals surface area (Å²) in [6.07, 6.45) is 4.98. The predicted molar refractivity (Wildman–Crippen MR) is 70.9 cm³/mol. The summed E-state index contributed by atoms with van der Waals surface area (Å²) >= 11 is 0. The first-order chi connectivity index (χ1) is 8.44. The van der Waals surface area contributed by atoms with Gasteiger partial charge in [-0.3, -0.25) is 9.59 Å². The van der Waals surface area contributed by atoms with Crippen LogP contribution in [0.1, 0.15) is 52.4 Å². The molecule has 0 atom stereocenters. The summed E-state index contributed by atoms with van der Waals surface area (Å²) in [6, 6.07) is 0.132. The molecule has 0 saturated heterocycles.